The average molecular weight is 265 g/mol. The number of hydrogen-bond donors (Lipinski definition) is 1. The van der Waals surface area contributed by atoms with Crippen molar-refractivity contribution in [2.75, 3.05) is 5.73 Å². The van der Waals surface area contributed by atoms with Crippen LogP contribution in [0, 0.1) is 0 Å². The molecule has 0 radical (unpaired) electrons. The molecule has 0 aliphatic heterocycles. The first-order valence-corrected chi connectivity index (χ1v) is 6.39. The Hall–Kier alpha value is -1.75. The van der Waals surface area contributed by atoms with E-state index in [0.717, 1.165) is 11.1 Å². The SMILES string of the molecule is CC(C)(C)OC(=O)c1c(-c2ccoc2)csc1N. The number of ether oxygens (including phenoxy) is 1. The quantitative estimate of drug-likeness (QED) is 0.843. The first-order valence-electron chi connectivity index (χ1n) is 5.51. The Kier molecular flexibility index (Phi) is 3.17. The van der Waals surface area contributed by atoms with E-state index >= 15 is 0 Å². The number of nitrogens with two attached hydrogens (primary N) is 1. The minimum atomic E-state index is -0.543. The molecule has 0 saturated carbocycles. The predicted octanol–water partition coefficient (Wildman–Crippen LogP) is 3.55. The molecular formula is C13H15NO3S. The van der Waals surface area contributed by atoms with Gasteiger partial charge in [-0.3, -0.25) is 0 Å². The first kappa shape index (κ1) is 12.7. The maximum absolute atomic E-state index is 12.1. The van der Waals surface area contributed by atoms with Crippen LogP contribution in [0.4, 0.5) is 5.00 Å². The fourth-order valence-corrected chi connectivity index (χ4v) is 2.35. The molecule has 0 aromatic carbocycles. The normalized spacial score (nSPS) is 11.5. The van der Waals surface area contributed by atoms with E-state index < -0.39 is 11.6 Å². The first-order chi connectivity index (χ1) is 8.38. The van der Waals surface area contributed by atoms with Gasteiger partial charge in [-0.15, -0.1) is 11.3 Å². The summed E-state index contributed by atoms with van der Waals surface area (Å²) in [4.78, 5) is 12.1. The van der Waals surface area contributed by atoms with Crippen LogP contribution >= 0.6 is 11.3 Å². The van der Waals surface area contributed by atoms with Crippen LogP contribution in [-0.4, -0.2) is 11.6 Å². The lowest BCUT2D eigenvalue weighted by Gasteiger charge is -2.19. The average Bonchev–Trinajstić information content (AvgIpc) is 2.82. The van der Waals surface area contributed by atoms with Crippen molar-refractivity contribution >= 4 is 22.3 Å². The molecule has 2 aromatic heterocycles. The van der Waals surface area contributed by atoms with Gasteiger partial charge < -0.3 is 14.9 Å². The lowest BCUT2D eigenvalue weighted by Crippen LogP contribution is -2.24. The third-order valence-corrected chi connectivity index (χ3v) is 3.07. The molecule has 2 rings (SSSR count). The molecule has 0 bridgehead atoms. The number of anilines is 1. The van der Waals surface area contributed by atoms with Crippen molar-refractivity contribution in [1.29, 1.82) is 0 Å². The van der Waals surface area contributed by atoms with E-state index in [-0.39, 0.29) is 0 Å². The Labute approximate surface area is 109 Å². The van der Waals surface area contributed by atoms with Crippen molar-refractivity contribution in [3.63, 3.8) is 0 Å². The molecule has 0 spiro atoms. The van der Waals surface area contributed by atoms with Gasteiger partial charge in [-0.2, -0.15) is 0 Å². The number of rotatable bonds is 2. The van der Waals surface area contributed by atoms with Crippen LogP contribution in [0.25, 0.3) is 11.1 Å². The zero-order valence-corrected chi connectivity index (χ0v) is 11.3. The minimum absolute atomic E-state index is 0.405. The van der Waals surface area contributed by atoms with E-state index in [1.54, 1.807) is 18.6 Å². The summed E-state index contributed by atoms with van der Waals surface area (Å²) in [5.41, 5.74) is 7.30. The van der Waals surface area contributed by atoms with E-state index in [1.807, 2.05) is 26.2 Å². The molecule has 96 valence electrons. The van der Waals surface area contributed by atoms with Gasteiger partial charge in [0.15, 0.2) is 0 Å². The largest absolute Gasteiger partial charge is 0.472 e. The number of carbonyl (C=O) groups excluding carboxylic acids is 1. The lowest BCUT2D eigenvalue weighted by atomic mass is 10.1. The van der Waals surface area contributed by atoms with Crippen molar-refractivity contribution in [3.8, 4) is 11.1 Å². The second kappa shape index (κ2) is 4.49. The van der Waals surface area contributed by atoms with Crippen molar-refractivity contribution in [1.82, 2.24) is 0 Å². The number of nitrogen functional groups attached to an aromatic ring is 1. The van der Waals surface area contributed by atoms with Crippen LogP contribution in [0.15, 0.2) is 28.4 Å². The molecule has 2 aromatic rings. The Morgan fingerprint density at radius 3 is 2.72 bits per heavy atom. The highest BCUT2D eigenvalue weighted by Crippen LogP contribution is 2.35. The molecule has 0 unspecified atom stereocenters. The molecule has 0 saturated heterocycles. The lowest BCUT2D eigenvalue weighted by molar-refractivity contribution is 0.00722. The molecule has 18 heavy (non-hydrogen) atoms. The van der Waals surface area contributed by atoms with Gasteiger partial charge in [0.25, 0.3) is 0 Å². The van der Waals surface area contributed by atoms with Crippen LogP contribution in [0.1, 0.15) is 31.1 Å². The molecule has 0 atom stereocenters. The second-order valence-corrected chi connectivity index (χ2v) is 5.81. The summed E-state index contributed by atoms with van der Waals surface area (Å²) in [7, 11) is 0. The predicted molar refractivity (Wildman–Crippen MR) is 71.6 cm³/mol. The summed E-state index contributed by atoms with van der Waals surface area (Å²) in [6, 6.07) is 1.79. The van der Waals surface area contributed by atoms with Crippen molar-refractivity contribution in [2.24, 2.45) is 0 Å². The van der Waals surface area contributed by atoms with E-state index in [9.17, 15) is 4.79 Å². The highest BCUT2D eigenvalue weighted by atomic mass is 32.1. The van der Waals surface area contributed by atoms with Crippen LogP contribution < -0.4 is 5.73 Å². The summed E-state index contributed by atoms with van der Waals surface area (Å²) in [6.45, 7) is 5.47. The molecular weight excluding hydrogens is 250 g/mol. The van der Waals surface area contributed by atoms with Gasteiger partial charge in [-0.25, -0.2) is 4.79 Å². The third kappa shape index (κ3) is 2.56. The smallest absolute Gasteiger partial charge is 0.342 e. The van der Waals surface area contributed by atoms with Gasteiger partial charge in [0.2, 0.25) is 0 Å². The summed E-state index contributed by atoms with van der Waals surface area (Å²) >= 11 is 1.32. The molecule has 2 heterocycles. The molecule has 5 heteroatoms. The minimum Gasteiger partial charge on any atom is -0.472 e. The van der Waals surface area contributed by atoms with Crippen LogP contribution in [-0.2, 0) is 4.74 Å². The third-order valence-electron chi connectivity index (χ3n) is 2.25. The standard InChI is InChI=1S/C13H15NO3S/c1-13(2,3)17-12(15)10-9(7-18-11(10)14)8-4-5-16-6-8/h4-7H,14H2,1-3H3. The van der Waals surface area contributed by atoms with E-state index in [2.05, 4.69) is 0 Å². The van der Waals surface area contributed by atoms with Gasteiger partial charge in [0.05, 0.1) is 12.5 Å². The maximum atomic E-state index is 12.1. The number of furan rings is 1. The van der Waals surface area contributed by atoms with Crippen molar-refractivity contribution < 1.29 is 13.9 Å². The van der Waals surface area contributed by atoms with E-state index in [4.69, 9.17) is 14.9 Å². The zero-order chi connectivity index (χ0) is 13.3. The van der Waals surface area contributed by atoms with E-state index in [1.165, 1.54) is 11.3 Å². The summed E-state index contributed by atoms with van der Waals surface area (Å²) in [5, 5.41) is 2.29. The topological polar surface area (TPSA) is 65.5 Å². The zero-order valence-electron chi connectivity index (χ0n) is 10.5. The number of carbonyl (C=O) groups is 1. The fourth-order valence-electron chi connectivity index (χ4n) is 1.54. The molecule has 4 nitrogen and oxygen atoms in total. The molecule has 0 amide bonds. The van der Waals surface area contributed by atoms with Gasteiger partial charge in [0.1, 0.15) is 16.2 Å². The summed E-state index contributed by atoms with van der Waals surface area (Å²) < 4.78 is 10.4. The van der Waals surface area contributed by atoms with E-state index in [0.29, 0.717) is 10.6 Å². The monoisotopic (exact) mass is 265 g/mol. The fraction of sp³-hybridized carbons (Fsp3) is 0.308. The molecule has 2 N–H and O–H groups in total. The molecule has 0 aliphatic rings. The Morgan fingerprint density at radius 2 is 2.17 bits per heavy atom. The highest BCUT2D eigenvalue weighted by Gasteiger charge is 2.24. The highest BCUT2D eigenvalue weighted by molar-refractivity contribution is 7.14. The van der Waals surface area contributed by atoms with Crippen molar-refractivity contribution in [2.45, 2.75) is 26.4 Å². The van der Waals surface area contributed by atoms with Crippen LogP contribution in [0.2, 0.25) is 0 Å². The number of thiophene rings is 1. The Bertz CT molecular complexity index is 549. The summed E-state index contributed by atoms with van der Waals surface area (Å²) in [5.74, 6) is -0.405. The second-order valence-electron chi connectivity index (χ2n) is 4.90. The van der Waals surface area contributed by atoms with Gasteiger partial charge >= 0.3 is 5.97 Å². The van der Waals surface area contributed by atoms with Gasteiger partial charge in [0, 0.05) is 16.5 Å². The van der Waals surface area contributed by atoms with Crippen LogP contribution in [0.5, 0.6) is 0 Å². The number of esters is 1. The van der Waals surface area contributed by atoms with Gasteiger partial charge in [-0.1, -0.05) is 0 Å². The van der Waals surface area contributed by atoms with Crippen molar-refractivity contribution in [3.05, 3.63) is 29.5 Å². The Balaban J connectivity index is 2.39. The van der Waals surface area contributed by atoms with Gasteiger partial charge in [-0.05, 0) is 26.8 Å². The number of hydrogen-bond acceptors (Lipinski definition) is 5. The molecule has 0 aliphatic carbocycles. The molecule has 0 fully saturated rings. The Morgan fingerprint density at radius 1 is 1.44 bits per heavy atom. The van der Waals surface area contributed by atoms with Crippen LogP contribution in [0.3, 0.4) is 0 Å². The maximum Gasteiger partial charge on any atom is 0.342 e. The summed E-state index contributed by atoms with van der Waals surface area (Å²) in [6.07, 6.45) is 3.14.